The number of carbonyl (C=O) groups is 1. The summed E-state index contributed by atoms with van der Waals surface area (Å²) in [4.78, 5) is 12.0. The normalized spacial score (nSPS) is 10.4. The van der Waals surface area contributed by atoms with Gasteiger partial charge in [0.2, 0.25) is 5.91 Å². The van der Waals surface area contributed by atoms with Gasteiger partial charge in [0.05, 0.1) is 13.2 Å². The number of rotatable bonds is 7. The summed E-state index contributed by atoms with van der Waals surface area (Å²) in [5, 5.41) is 6.02. The van der Waals surface area contributed by atoms with Crippen molar-refractivity contribution < 1.29 is 9.53 Å². The maximum atomic E-state index is 12.0. The average Bonchev–Trinajstić information content (AvgIpc) is 2.55. The second-order valence-electron chi connectivity index (χ2n) is 5.64. The van der Waals surface area contributed by atoms with Gasteiger partial charge in [-0.3, -0.25) is 4.79 Å². The van der Waals surface area contributed by atoms with E-state index < -0.39 is 0 Å². The molecule has 2 rings (SSSR count). The average molecular weight is 312 g/mol. The lowest BCUT2D eigenvalue weighted by molar-refractivity contribution is -0.114. The Morgan fingerprint density at radius 3 is 2.48 bits per heavy atom. The molecule has 2 aromatic rings. The van der Waals surface area contributed by atoms with Crippen LogP contribution in [0.25, 0.3) is 0 Å². The first kappa shape index (κ1) is 16.9. The summed E-state index contributed by atoms with van der Waals surface area (Å²) in [6.45, 7) is 7.08. The van der Waals surface area contributed by atoms with Gasteiger partial charge in [-0.05, 0) is 54.8 Å². The third kappa shape index (κ3) is 5.33. The van der Waals surface area contributed by atoms with Gasteiger partial charge in [0.25, 0.3) is 0 Å². The second-order valence-corrected chi connectivity index (χ2v) is 5.64. The molecule has 0 atom stereocenters. The van der Waals surface area contributed by atoms with E-state index in [0.29, 0.717) is 12.5 Å². The van der Waals surface area contributed by atoms with Crippen LogP contribution in [0.1, 0.15) is 32.3 Å². The molecule has 0 saturated carbocycles. The van der Waals surface area contributed by atoms with Gasteiger partial charge in [-0.25, -0.2) is 0 Å². The second kappa shape index (κ2) is 8.22. The lowest BCUT2D eigenvalue weighted by Crippen LogP contribution is -2.21. The smallest absolute Gasteiger partial charge is 0.243 e. The summed E-state index contributed by atoms with van der Waals surface area (Å²) in [6, 6.07) is 15.5. The predicted octanol–water partition coefficient (Wildman–Crippen LogP) is 4.26. The molecule has 1 amide bonds. The van der Waals surface area contributed by atoms with Crippen LogP contribution in [0.4, 0.5) is 11.4 Å². The fraction of sp³-hybridized carbons (Fsp3) is 0.316. The van der Waals surface area contributed by atoms with Crippen LogP contribution in [0.5, 0.6) is 5.75 Å². The van der Waals surface area contributed by atoms with Crippen LogP contribution in [-0.4, -0.2) is 19.1 Å². The van der Waals surface area contributed by atoms with E-state index in [4.69, 9.17) is 4.74 Å². The Morgan fingerprint density at radius 2 is 1.83 bits per heavy atom. The van der Waals surface area contributed by atoms with Crippen molar-refractivity contribution in [2.24, 2.45) is 0 Å². The van der Waals surface area contributed by atoms with Crippen molar-refractivity contribution >= 4 is 17.3 Å². The first-order valence-corrected chi connectivity index (χ1v) is 7.95. The van der Waals surface area contributed by atoms with E-state index in [0.717, 1.165) is 17.1 Å². The molecule has 0 spiro atoms. The number of carbonyl (C=O) groups excluding carboxylic acids is 1. The quantitative estimate of drug-likeness (QED) is 0.803. The molecule has 4 heteroatoms. The van der Waals surface area contributed by atoms with E-state index in [2.05, 4.69) is 30.5 Å². The zero-order chi connectivity index (χ0) is 16.7. The van der Waals surface area contributed by atoms with Crippen molar-refractivity contribution in [3.63, 3.8) is 0 Å². The predicted molar refractivity (Wildman–Crippen MR) is 95.3 cm³/mol. The first-order chi connectivity index (χ1) is 11.1. The van der Waals surface area contributed by atoms with E-state index >= 15 is 0 Å². The molecular weight excluding hydrogens is 288 g/mol. The van der Waals surface area contributed by atoms with Gasteiger partial charge in [0, 0.05) is 11.4 Å². The fourth-order valence-corrected chi connectivity index (χ4v) is 2.20. The highest BCUT2D eigenvalue weighted by molar-refractivity contribution is 5.93. The maximum absolute atomic E-state index is 12.0. The Kier molecular flexibility index (Phi) is 6.03. The van der Waals surface area contributed by atoms with E-state index in [1.807, 2.05) is 49.4 Å². The zero-order valence-corrected chi connectivity index (χ0v) is 13.9. The Labute approximate surface area is 137 Å². The van der Waals surface area contributed by atoms with E-state index in [1.54, 1.807) is 0 Å². The van der Waals surface area contributed by atoms with E-state index in [9.17, 15) is 4.79 Å². The van der Waals surface area contributed by atoms with Crippen LogP contribution >= 0.6 is 0 Å². The number of ether oxygens (including phenoxy) is 1. The van der Waals surface area contributed by atoms with Gasteiger partial charge in [-0.15, -0.1) is 0 Å². The van der Waals surface area contributed by atoms with Crippen molar-refractivity contribution in [1.82, 2.24) is 0 Å². The number of hydrogen-bond acceptors (Lipinski definition) is 3. The SMILES string of the molecule is CCOc1ccc(NCC(=O)Nc2cccc(C(C)C)c2)cc1. The van der Waals surface area contributed by atoms with Crippen molar-refractivity contribution in [3.8, 4) is 5.75 Å². The molecule has 0 radical (unpaired) electrons. The van der Waals surface area contributed by atoms with Crippen LogP contribution in [-0.2, 0) is 4.79 Å². The third-order valence-corrected chi connectivity index (χ3v) is 3.46. The Morgan fingerprint density at radius 1 is 1.09 bits per heavy atom. The van der Waals surface area contributed by atoms with Crippen molar-refractivity contribution in [3.05, 3.63) is 54.1 Å². The maximum Gasteiger partial charge on any atom is 0.243 e. The molecule has 0 heterocycles. The molecule has 0 aliphatic rings. The fourth-order valence-electron chi connectivity index (χ4n) is 2.20. The van der Waals surface area contributed by atoms with E-state index in [-0.39, 0.29) is 12.5 Å². The summed E-state index contributed by atoms with van der Waals surface area (Å²) in [5.74, 6) is 1.20. The molecule has 23 heavy (non-hydrogen) atoms. The summed E-state index contributed by atoms with van der Waals surface area (Å²) in [7, 11) is 0. The van der Waals surface area contributed by atoms with Crippen LogP contribution < -0.4 is 15.4 Å². The first-order valence-electron chi connectivity index (χ1n) is 7.95. The molecule has 0 aromatic heterocycles. The topological polar surface area (TPSA) is 50.4 Å². The highest BCUT2D eigenvalue weighted by Crippen LogP contribution is 2.19. The summed E-state index contributed by atoms with van der Waals surface area (Å²) in [5.41, 5.74) is 2.93. The van der Waals surface area contributed by atoms with Crippen molar-refractivity contribution in [2.75, 3.05) is 23.8 Å². The highest BCUT2D eigenvalue weighted by atomic mass is 16.5. The molecular formula is C19H24N2O2. The van der Waals surface area contributed by atoms with Gasteiger partial charge >= 0.3 is 0 Å². The van der Waals surface area contributed by atoms with Gasteiger partial charge in [-0.1, -0.05) is 26.0 Å². The minimum Gasteiger partial charge on any atom is -0.494 e. The number of benzene rings is 2. The van der Waals surface area contributed by atoms with E-state index in [1.165, 1.54) is 5.56 Å². The van der Waals surface area contributed by atoms with Gasteiger partial charge in [-0.2, -0.15) is 0 Å². The molecule has 122 valence electrons. The summed E-state index contributed by atoms with van der Waals surface area (Å²) >= 11 is 0. The molecule has 4 nitrogen and oxygen atoms in total. The molecule has 2 N–H and O–H groups in total. The molecule has 0 unspecified atom stereocenters. The minimum absolute atomic E-state index is 0.0696. The molecule has 0 fully saturated rings. The van der Waals surface area contributed by atoms with Gasteiger partial charge < -0.3 is 15.4 Å². The Hall–Kier alpha value is -2.49. The monoisotopic (exact) mass is 312 g/mol. The zero-order valence-electron chi connectivity index (χ0n) is 13.9. The molecule has 2 aromatic carbocycles. The Bertz CT molecular complexity index is 636. The largest absolute Gasteiger partial charge is 0.494 e. The lowest BCUT2D eigenvalue weighted by atomic mass is 10.0. The van der Waals surface area contributed by atoms with Crippen molar-refractivity contribution in [1.29, 1.82) is 0 Å². The lowest BCUT2D eigenvalue weighted by Gasteiger charge is -2.11. The summed E-state index contributed by atoms with van der Waals surface area (Å²) in [6.07, 6.45) is 0. The standard InChI is InChI=1S/C19H24N2O2/c1-4-23-18-10-8-16(9-11-18)20-13-19(22)21-17-7-5-6-15(12-17)14(2)3/h5-12,14,20H,4,13H2,1-3H3,(H,21,22). The van der Waals surface area contributed by atoms with Gasteiger partial charge in [0.15, 0.2) is 0 Å². The summed E-state index contributed by atoms with van der Waals surface area (Å²) < 4.78 is 5.39. The molecule has 0 aliphatic carbocycles. The minimum atomic E-state index is -0.0696. The molecule has 0 saturated heterocycles. The van der Waals surface area contributed by atoms with Crippen molar-refractivity contribution in [2.45, 2.75) is 26.7 Å². The number of hydrogen-bond donors (Lipinski definition) is 2. The third-order valence-electron chi connectivity index (χ3n) is 3.46. The molecule has 0 bridgehead atoms. The van der Waals surface area contributed by atoms with Crippen LogP contribution in [0.15, 0.2) is 48.5 Å². The Balaban J connectivity index is 1.86. The number of amides is 1. The molecule has 0 aliphatic heterocycles. The number of anilines is 2. The highest BCUT2D eigenvalue weighted by Gasteiger charge is 2.05. The van der Waals surface area contributed by atoms with Crippen LogP contribution in [0.3, 0.4) is 0 Å². The van der Waals surface area contributed by atoms with Crippen LogP contribution in [0, 0.1) is 0 Å². The van der Waals surface area contributed by atoms with Crippen LogP contribution in [0.2, 0.25) is 0 Å². The van der Waals surface area contributed by atoms with Gasteiger partial charge in [0.1, 0.15) is 5.75 Å². The number of nitrogens with one attached hydrogen (secondary N) is 2.